The molecule has 0 aliphatic heterocycles. The average molecular weight is 347 g/mol. The Bertz CT molecular complexity index is 697. The van der Waals surface area contributed by atoms with Gasteiger partial charge in [0, 0.05) is 11.6 Å². The molecule has 2 rings (SSSR count). The maximum atomic E-state index is 11.7. The van der Waals surface area contributed by atoms with Crippen LogP contribution in [0.15, 0.2) is 29.4 Å². The van der Waals surface area contributed by atoms with Gasteiger partial charge in [-0.25, -0.2) is 4.98 Å². The zero-order valence-corrected chi connectivity index (χ0v) is 14.7. The molecule has 0 saturated carbocycles. The number of aromatic amines is 1. The number of thioether (sulfide) groups is 1. The molecule has 0 spiro atoms. The lowest BCUT2D eigenvalue weighted by molar-refractivity contribution is -0.125. The molecule has 7 nitrogen and oxygen atoms in total. The maximum absolute atomic E-state index is 11.7. The van der Waals surface area contributed by atoms with Crippen molar-refractivity contribution in [3.8, 4) is 11.4 Å². The molecule has 0 bridgehead atoms. The second-order valence-corrected chi connectivity index (χ2v) is 6.56. The molecule has 0 aliphatic rings. The summed E-state index contributed by atoms with van der Waals surface area (Å²) in [5.74, 6) is 0.373. The summed E-state index contributed by atoms with van der Waals surface area (Å²) in [5.41, 5.74) is 2.11. The van der Waals surface area contributed by atoms with Crippen molar-refractivity contribution in [2.24, 2.45) is 0 Å². The molecule has 8 heteroatoms. The summed E-state index contributed by atoms with van der Waals surface area (Å²) in [4.78, 5) is 27.6. The van der Waals surface area contributed by atoms with Crippen LogP contribution in [0.25, 0.3) is 11.4 Å². The van der Waals surface area contributed by atoms with Crippen LogP contribution in [0.5, 0.6) is 0 Å². The summed E-state index contributed by atoms with van der Waals surface area (Å²) < 4.78 is 0. The van der Waals surface area contributed by atoms with Crippen LogP contribution in [0.4, 0.5) is 0 Å². The highest BCUT2D eigenvalue weighted by Gasteiger charge is 2.10. The third-order valence-corrected chi connectivity index (χ3v) is 3.87. The molecular weight excluding hydrogens is 326 g/mol. The fourth-order valence-corrected chi connectivity index (χ4v) is 2.51. The van der Waals surface area contributed by atoms with Crippen LogP contribution < -0.4 is 10.6 Å². The van der Waals surface area contributed by atoms with Gasteiger partial charge in [0.15, 0.2) is 5.82 Å². The van der Waals surface area contributed by atoms with Crippen LogP contribution in [0.1, 0.15) is 19.4 Å². The fourth-order valence-electron chi connectivity index (χ4n) is 1.88. The minimum Gasteiger partial charge on any atom is -0.352 e. The van der Waals surface area contributed by atoms with E-state index in [0.29, 0.717) is 11.0 Å². The molecular formula is C16H21N5O2S. The van der Waals surface area contributed by atoms with E-state index in [-0.39, 0.29) is 30.2 Å². The maximum Gasteiger partial charge on any atom is 0.239 e. The van der Waals surface area contributed by atoms with Crippen molar-refractivity contribution in [3.05, 3.63) is 29.8 Å². The molecule has 3 N–H and O–H groups in total. The minimum absolute atomic E-state index is 0.0276. The number of benzene rings is 1. The van der Waals surface area contributed by atoms with Gasteiger partial charge in [0.1, 0.15) is 0 Å². The van der Waals surface area contributed by atoms with Crippen LogP contribution in [-0.4, -0.2) is 45.3 Å². The summed E-state index contributed by atoms with van der Waals surface area (Å²) in [5, 5.41) is 12.7. The molecule has 0 radical (unpaired) electrons. The van der Waals surface area contributed by atoms with E-state index in [2.05, 4.69) is 25.8 Å². The molecule has 128 valence electrons. The highest BCUT2D eigenvalue weighted by Crippen LogP contribution is 2.19. The SMILES string of the molecule is Cc1ccc(-c2nc(SCC(=O)NCC(=O)NC(C)C)n[nH]2)cc1. The highest BCUT2D eigenvalue weighted by atomic mass is 32.2. The summed E-state index contributed by atoms with van der Waals surface area (Å²) in [6.07, 6.45) is 0. The first-order valence-corrected chi connectivity index (χ1v) is 8.61. The normalized spacial score (nSPS) is 10.7. The molecule has 1 heterocycles. The summed E-state index contributed by atoms with van der Waals surface area (Å²) in [7, 11) is 0. The predicted octanol–water partition coefficient (Wildman–Crippen LogP) is 1.51. The largest absolute Gasteiger partial charge is 0.352 e. The smallest absolute Gasteiger partial charge is 0.239 e. The number of amides is 2. The van der Waals surface area contributed by atoms with Gasteiger partial charge in [-0.15, -0.1) is 5.10 Å². The third-order valence-electron chi connectivity index (χ3n) is 3.02. The average Bonchev–Trinajstić information content (AvgIpc) is 3.00. The van der Waals surface area contributed by atoms with Crippen molar-refractivity contribution in [3.63, 3.8) is 0 Å². The zero-order valence-electron chi connectivity index (χ0n) is 13.9. The zero-order chi connectivity index (χ0) is 17.5. The topological polar surface area (TPSA) is 99.8 Å². The summed E-state index contributed by atoms with van der Waals surface area (Å²) in [6, 6.07) is 7.98. The van der Waals surface area contributed by atoms with Crippen molar-refractivity contribution in [1.82, 2.24) is 25.8 Å². The second-order valence-electron chi connectivity index (χ2n) is 5.62. The molecule has 24 heavy (non-hydrogen) atoms. The van der Waals surface area contributed by atoms with Crippen LogP contribution in [0.2, 0.25) is 0 Å². The van der Waals surface area contributed by atoms with Gasteiger partial charge in [-0.05, 0) is 20.8 Å². The summed E-state index contributed by atoms with van der Waals surface area (Å²) >= 11 is 1.22. The van der Waals surface area contributed by atoms with Gasteiger partial charge in [0.05, 0.1) is 12.3 Å². The van der Waals surface area contributed by atoms with Gasteiger partial charge in [0.2, 0.25) is 17.0 Å². The van der Waals surface area contributed by atoms with Crippen molar-refractivity contribution in [1.29, 1.82) is 0 Å². The lowest BCUT2D eigenvalue weighted by Crippen LogP contribution is -2.40. The van der Waals surface area contributed by atoms with Gasteiger partial charge >= 0.3 is 0 Å². The van der Waals surface area contributed by atoms with Crippen molar-refractivity contribution in [2.75, 3.05) is 12.3 Å². The third kappa shape index (κ3) is 5.69. The van der Waals surface area contributed by atoms with Gasteiger partial charge < -0.3 is 10.6 Å². The number of aromatic nitrogens is 3. The van der Waals surface area contributed by atoms with Crippen molar-refractivity contribution < 1.29 is 9.59 Å². The number of hydrogen-bond acceptors (Lipinski definition) is 5. The number of nitrogens with zero attached hydrogens (tertiary/aromatic N) is 2. The van der Waals surface area contributed by atoms with Crippen LogP contribution >= 0.6 is 11.8 Å². The Morgan fingerprint density at radius 1 is 1.21 bits per heavy atom. The Balaban J connectivity index is 1.79. The van der Waals surface area contributed by atoms with Crippen molar-refractivity contribution >= 4 is 23.6 Å². The van der Waals surface area contributed by atoms with Crippen LogP contribution in [0.3, 0.4) is 0 Å². The first kappa shape index (κ1) is 18.0. The van der Waals surface area contributed by atoms with Crippen LogP contribution in [0, 0.1) is 6.92 Å². The molecule has 1 aromatic carbocycles. The van der Waals surface area contributed by atoms with E-state index in [1.807, 2.05) is 45.0 Å². The second kappa shape index (κ2) is 8.49. The Morgan fingerprint density at radius 2 is 1.92 bits per heavy atom. The monoisotopic (exact) mass is 347 g/mol. The Morgan fingerprint density at radius 3 is 2.58 bits per heavy atom. The van der Waals surface area contributed by atoms with E-state index >= 15 is 0 Å². The Hall–Kier alpha value is -2.35. The fraction of sp³-hybridized carbons (Fsp3) is 0.375. The highest BCUT2D eigenvalue weighted by molar-refractivity contribution is 7.99. The minimum atomic E-state index is -0.236. The number of nitrogens with one attached hydrogen (secondary N) is 3. The lowest BCUT2D eigenvalue weighted by atomic mass is 10.1. The Kier molecular flexibility index (Phi) is 6.36. The number of hydrogen-bond donors (Lipinski definition) is 3. The number of carbonyl (C=O) groups excluding carboxylic acids is 2. The van der Waals surface area contributed by atoms with E-state index < -0.39 is 0 Å². The molecule has 0 atom stereocenters. The number of H-pyrrole nitrogens is 1. The van der Waals surface area contributed by atoms with E-state index in [0.717, 1.165) is 5.56 Å². The van der Waals surface area contributed by atoms with E-state index in [9.17, 15) is 9.59 Å². The van der Waals surface area contributed by atoms with Gasteiger partial charge in [0.25, 0.3) is 0 Å². The van der Waals surface area contributed by atoms with E-state index in [1.165, 1.54) is 17.3 Å². The number of carbonyl (C=O) groups is 2. The van der Waals surface area contributed by atoms with Gasteiger partial charge in [-0.3, -0.25) is 14.7 Å². The molecule has 0 saturated heterocycles. The summed E-state index contributed by atoms with van der Waals surface area (Å²) in [6.45, 7) is 5.72. The van der Waals surface area contributed by atoms with E-state index in [4.69, 9.17) is 0 Å². The first-order valence-electron chi connectivity index (χ1n) is 7.62. The van der Waals surface area contributed by atoms with Crippen LogP contribution in [-0.2, 0) is 9.59 Å². The molecule has 0 aliphatic carbocycles. The predicted molar refractivity (Wildman–Crippen MR) is 93.6 cm³/mol. The molecule has 0 unspecified atom stereocenters. The molecule has 1 aromatic heterocycles. The van der Waals surface area contributed by atoms with Gasteiger partial charge in [-0.2, -0.15) is 0 Å². The molecule has 0 fully saturated rings. The van der Waals surface area contributed by atoms with Crippen molar-refractivity contribution in [2.45, 2.75) is 32.0 Å². The lowest BCUT2D eigenvalue weighted by Gasteiger charge is -2.08. The molecule has 2 amide bonds. The molecule has 2 aromatic rings. The quantitative estimate of drug-likeness (QED) is 0.659. The Labute approximate surface area is 145 Å². The van der Waals surface area contributed by atoms with Gasteiger partial charge in [-0.1, -0.05) is 41.6 Å². The standard InChI is InChI=1S/C16H21N5O2S/c1-10(2)18-13(22)8-17-14(23)9-24-16-19-15(20-21-16)12-6-4-11(3)5-7-12/h4-7,10H,8-9H2,1-3H3,(H,17,23)(H,18,22)(H,19,20,21). The number of aryl methyl sites for hydroxylation is 1. The number of rotatable bonds is 7. The van der Waals surface area contributed by atoms with E-state index in [1.54, 1.807) is 0 Å². The first-order chi connectivity index (χ1) is 11.4.